The predicted octanol–water partition coefficient (Wildman–Crippen LogP) is 4.29. The molecule has 0 aliphatic rings. The van der Waals surface area contributed by atoms with E-state index in [0.717, 1.165) is 35.8 Å². The van der Waals surface area contributed by atoms with Crippen LogP contribution in [0, 0.1) is 0 Å². The summed E-state index contributed by atoms with van der Waals surface area (Å²) in [6.07, 6.45) is 1.13. The summed E-state index contributed by atoms with van der Waals surface area (Å²) >= 11 is 6.13. The van der Waals surface area contributed by atoms with Crippen molar-refractivity contribution in [3.63, 3.8) is 0 Å². The molecule has 0 amide bonds. The molecule has 0 spiro atoms. The van der Waals surface area contributed by atoms with Crippen LogP contribution in [0.1, 0.15) is 18.9 Å². The van der Waals surface area contributed by atoms with Crippen LogP contribution in [-0.4, -0.2) is 12.6 Å². The third-order valence-corrected chi connectivity index (χ3v) is 3.52. The van der Waals surface area contributed by atoms with Gasteiger partial charge in [-0.05, 0) is 30.2 Å². The highest BCUT2D eigenvalue weighted by Gasteiger charge is 2.08. The molecule has 1 atom stereocenters. The topological polar surface area (TPSA) is 21.3 Å². The molecule has 0 heterocycles. The highest BCUT2D eigenvalue weighted by atomic mass is 35.5. The number of para-hydroxylation sites is 1. The van der Waals surface area contributed by atoms with Crippen molar-refractivity contribution >= 4 is 11.6 Å². The van der Waals surface area contributed by atoms with E-state index in [1.165, 1.54) is 0 Å². The number of benzene rings is 2. The van der Waals surface area contributed by atoms with Crippen LogP contribution in [0.25, 0.3) is 0 Å². The summed E-state index contributed by atoms with van der Waals surface area (Å²) in [7, 11) is 0. The van der Waals surface area contributed by atoms with Gasteiger partial charge in [0, 0.05) is 18.1 Å². The number of ether oxygens (including phenoxy) is 1. The lowest BCUT2D eigenvalue weighted by Crippen LogP contribution is -2.30. The van der Waals surface area contributed by atoms with Crippen molar-refractivity contribution < 1.29 is 4.74 Å². The lowest BCUT2D eigenvalue weighted by Gasteiger charge is -2.18. The van der Waals surface area contributed by atoms with E-state index >= 15 is 0 Å². The van der Waals surface area contributed by atoms with Crippen molar-refractivity contribution in [1.82, 2.24) is 5.32 Å². The van der Waals surface area contributed by atoms with Crippen LogP contribution in [0.5, 0.6) is 5.75 Å². The van der Waals surface area contributed by atoms with Gasteiger partial charge < -0.3 is 10.1 Å². The van der Waals surface area contributed by atoms with Gasteiger partial charge in [0.2, 0.25) is 0 Å². The SMILES string of the molecule is CCC(CNCc1ccccc1Cl)Oc1ccccc1. The molecule has 20 heavy (non-hydrogen) atoms. The van der Waals surface area contributed by atoms with Crippen LogP contribution in [0.2, 0.25) is 5.02 Å². The van der Waals surface area contributed by atoms with E-state index in [-0.39, 0.29) is 6.10 Å². The Morgan fingerprint density at radius 1 is 1.05 bits per heavy atom. The average molecular weight is 290 g/mol. The van der Waals surface area contributed by atoms with E-state index in [1.807, 2.05) is 54.6 Å². The lowest BCUT2D eigenvalue weighted by atomic mass is 10.2. The minimum absolute atomic E-state index is 0.167. The molecule has 0 radical (unpaired) electrons. The van der Waals surface area contributed by atoms with Gasteiger partial charge >= 0.3 is 0 Å². The first-order valence-corrected chi connectivity index (χ1v) is 7.33. The zero-order valence-corrected chi connectivity index (χ0v) is 12.4. The number of nitrogens with one attached hydrogen (secondary N) is 1. The summed E-state index contributed by atoms with van der Waals surface area (Å²) in [4.78, 5) is 0. The number of rotatable bonds is 7. The van der Waals surface area contributed by atoms with Crippen molar-refractivity contribution in [2.75, 3.05) is 6.54 Å². The van der Waals surface area contributed by atoms with Gasteiger partial charge in [-0.15, -0.1) is 0 Å². The molecule has 0 bridgehead atoms. The maximum atomic E-state index is 6.13. The molecule has 106 valence electrons. The van der Waals surface area contributed by atoms with Gasteiger partial charge in [-0.3, -0.25) is 0 Å². The summed E-state index contributed by atoms with van der Waals surface area (Å²) in [6.45, 7) is 3.69. The van der Waals surface area contributed by atoms with Crippen LogP contribution in [-0.2, 0) is 6.54 Å². The fraction of sp³-hybridized carbons (Fsp3) is 0.294. The fourth-order valence-corrected chi connectivity index (χ4v) is 2.17. The lowest BCUT2D eigenvalue weighted by molar-refractivity contribution is 0.193. The minimum Gasteiger partial charge on any atom is -0.489 e. The Balaban J connectivity index is 1.81. The first kappa shape index (κ1) is 14.9. The standard InChI is InChI=1S/C17H20ClNO/c1-2-15(20-16-9-4-3-5-10-16)13-19-12-14-8-6-7-11-17(14)18/h3-11,15,19H,2,12-13H2,1H3. The molecule has 2 rings (SSSR count). The molecule has 2 nitrogen and oxygen atoms in total. The van der Waals surface area contributed by atoms with Gasteiger partial charge in [0.05, 0.1) is 0 Å². The van der Waals surface area contributed by atoms with Crippen LogP contribution < -0.4 is 10.1 Å². The van der Waals surface area contributed by atoms with Gasteiger partial charge in [-0.1, -0.05) is 54.9 Å². The smallest absolute Gasteiger partial charge is 0.119 e. The maximum Gasteiger partial charge on any atom is 0.119 e. The maximum absolute atomic E-state index is 6.13. The summed E-state index contributed by atoms with van der Waals surface area (Å²) in [6, 6.07) is 17.8. The van der Waals surface area contributed by atoms with Crippen LogP contribution in [0.15, 0.2) is 54.6 Å². The van der Waals surface area contributed by atoms with E-state index in [0.29, 0.717) is 0 Å². The van der Waals surface area contributed by atoms with Crippen molar-refractivity contribution in [2.45, 2.75) is 26.0 Å². The van der Waals surface area contributed by atoms with Crippen molar-refractivity contribution in [3.05, 3.63) is 65.2 Å². The average Bonchev–Trinajstić information content (AvgIpc) is 2.49. The van der Waals surface area contributed by atoms with E-state index in [2.05, 4.69) is 12.2 Å². The number of hydrogen-bond acceptors (Lipinski definition) is 2. The summed E-state index contributed by atoms with van der Waals surface area (Å²) in [5, 5.41) is 4.21. The van der Waals surface area contributed by atoms with Gasteiger partial charge in [0.1, 0.15) is 11.9 Å². The fourth-order valence-electron chi connectivity index (χ4n) is 1.97. The van der Waals surface area contributed by atoms with E-state index in [4.69, 9.17) is 16.3 Å². The van der Waals surface area contributed by atoms with Crippen LogP contribution >= 0.6 is 11.6 Å². The summed E-state index contributed by atoms with van der Waals surface area (Å²) in [5.41, 5.74) is 1.11. The molecule has 0 saturated heterocycles. The Morgan fingerprint density at radius 3 is 2.45 bits per heavy atom. The molecular formula is C17H20ClNO. The Kier molecular flexibility index (Phi) is 5.90. The van der Waals surface area contributed by atoms with Crippen molar-refractivity contribution in [2.24, 2.45) is 0 Å². The van der Waals surface area contributed by atoms with Gasteiger partial charge in [0.25, 0.3) is 0 Å². The molecule has 3 heteroatoms. The third-order valence-electron chi connectivity index (χ3n) is 3.15. The molecule has 1 unspecified atom stereocenters. The predicted molar refractivity (Wildman–Crippen MR) is 84.3 cm³/mol. The molecule has 1 N–H and O–H groups in total. The molecule has 2 aromatic carbocycles. The monoisotopic (exact) mass is 289 g/mol. The zero-order chi connectivity index (χ0) is 14.2. The van der Waals surface area contributed by atoms with E-state index in [1.54, 1.807) is 0 Å². The Morgan fingerprint density at radius 2 is 1.75 bits per heavy atom. The van der Waals surface area contributed by atoms with Crippen molar-refractivity contribution in [3.8, 4) is 5.75 Å². The minimum atomic E-state index is 0.167. The first-order chi connectivity index (χ1) is 9.79. The number of hydrogen-bond donors (Lipinski definition) is 1. The second-order valence-electron chi connectivity index (χ2n) is 4.68. The number of halogens is 1. The molecule has 0 fully saturated rings. The molecule has 0 aliphatic heterocycles. The summed E-state index contributed by atoms with van der Waals surface area (Å²) in [5.74, 6) is 0.916. The van der Waals surface area contributed by atoms with Gasteiger partial charge in [-0.2, -0.15) is 0 Å². The first-order valence-electron chi connectivity index (χ1n) is 6.95. The quantitative estimate of drug-likeness (QED) is 0.821. The Bertz CT molecular complexity index is 515. The van der Waals surface area contributed by atoms with Crippen molar-refractivity contribution in [1.29, 1.82) is 0 Å². The second kappa shape index (κ2) is 7.93. The van der Waals surface area contributed by atoms with Crippen LogP contribution in [0.3, 0.4) is 0 Å². The summed E-state index contributed by atoms with van der Waals surface area (Å²) < 4.78 is 5.94. The Hall–Kier alpha value is -1.51. The Labute approximate surface area is 125 Å². The zero-order valence-electron chi connectivity index (χ0n) is 11.7. The van der Waals surface area contributed by atoms with Crippen LogP contribution in [0.4, 0.5) is 0 Å². The molecular weight excluding hydrogens is 270 g/mol. The normalized spacial score (nSPS) is 12.1. The molecule has 0 aromatic heterocycles. The second-order valence-corrected chi connectivity index (χ2v) is 5.09. The molecule has 0 saturated carbocycles. The highest BCUT2D eigenvalue weighted by molar-refractivity contribution is 6.31. The van der Waals surface area contributed by atoms with E-state index < -0.39 is 0 Å². The van der Waals surface area contributed by atoms with Gasteiger partial charge in [-0.25, -0.2) is 0 Å². The molecule has 2 aromatic rings. The highest BCUT2D eigenvalue weighted by Crippen LogP contribution is 2.15. The van der Waals surface area contributed by atoms with E-state index in [9.17, 15) is 0 Å². The van der Waals surface area contributed by atoms with Gasteiger partial charge in [0.15, 0.2) is 0 Å². The molecule has 0 aliphatic carbocycles. The largest absolute Gasteiger partial charge is 0.489 e. The third kappa shape index (κ3) is 4.55.